The van der Waals surface area contributed by atoms with Gasteiger partial charge in [-0.05, 0) is 6.07 Å². The first-order valence-corrected chi connectivity index (χ1v) is 5.13. The van der Waals surface area contributed by atoms with E-state index in [1.807, 2.05) is 0 Å². The van der Waals surface area contributed by atoms with Crippen molar-refractivity contribution in [1.29, 1.82) is 5.26 Å². The lowest BCUT2D eigenvalue weighted by molar-refractivity contribution is -0.385. The lowest BCUT2D eigenvalue weighted by Crippen LogP contribution is -2.15. The van der Waals surface area contributed by atoms with E-state index >= 15 is 0 Å². The number of rotatable bonds is 3. The van der Waals surface area contributed by atoms with Gasteiger partial charge in [-0.15, -0.1) is 0 Å². The largest absolute Gasteiger partial charge is 0.488 e. The summed E-state index contributed by atoms with van der Waals surface area (Å²) in [6.07, 6.45) is 0.752. The molecule has 2 rings (SSSR count). The minimum absolute atomic E-state index is 0.00594. The molecule has 0 radical (unpaired) electrons. The number of hydrogen-bond donors (Lipinski definition) is 0. The van der Waals surface area contributed by atoms with E-state index in [2.05, 4.69) is 0 Å². The van der Waals surface area contributed by atoms with Crippen LogP contribution in [0.25, 0.3) is 0 Å². The van der Waals surface area contributed by atoms with Crippen LogP contribution in [0.15, 0.2) is 18.2 Å². The molecule has 1 aromatic rings. The van der Waals surface area contributed by atoms with Crippen LogP contribution < -0.4 is 4.74 Å². The summed E-state index contributed by atoms with van der Waals surface area (Å²) in [7, 11) is 0. The van der Waals surface area contributed by atoms with E-state index in [1.54, 1.807) is 6.07 Å². The highest BCUT2D eigenvalue weighted by Gasteiger charge is 2.19. The molecular formula is C11H10N2O4. The van der Waals surface area contributed by atoms with Crippen molar-refractivity contribution in [3.8, 4) is 11.8 Å². The van der Waals surface area contributed by atoms with Crippen LogP contribution in [0.3, 0.4) is 0 Å². The molecule has 1 aliphatic heterocycles. The van der Waals surface area contributed by atoms with Gasteiger partial charge in [-0.1, -0.05) is 0 Å². The van der Waals surface area contributed by atoms with Crippen LogP contribution in [0.2, 0.25) is 0 Å². The van der Waals surface area contributed by atoms with Gasteiger partial charge in [-0.25, -0.2) is 0 Å². The van der Waals surface area contributed by atoms with Gasteiger partial charge in [0.05, 0.1) is 18.1 Å². The fourth-order valence-electron chi connectivity index (χ4n) is 1.64. The van der Waals surface area contributed by atoms with Crippen molar-refractivity contribution in [3.05, 3.63) is 33.9 Å². The van der Waals surface area contributed by atoms with E-state index in [1.165, 1.54) is 18.2 Å². The highest BCUT2D eigenvalue weighted by atomic mass is 16.6. The lowest BCUT2D eigenvalue weighted by atomic mass is 10.2. The highest BCUT2D eigenvalue weighted by molar-refractivity contribution is 5.52. The summed E-state index contributed by atoms with van der Waals surface area (Å²) >= 11 is 0. The van der Waals surface area contributed by atoms with Gasteiger partial charge in [0.25, 0.3) is 5.69 Å². The number of hydrogen-bond acceptors (Lipinski definition) is 5. The third-order valence-corrected chi connectivity index (χ3v) is 2.48. The predicted molar refractivity (Wildman–Crippen MR) is 57.7 cm³/mol. The first kappa shape index (κ1) is 11.4. The second kappa shape index (κ2) is 4.80. The van der Waals surface area contributed by atoms with Gasteiger partial charge >= 0.3 is 0 Å². The molecule has 0 N–H and O–H groups in total. The summed E-state index contributed by atoms with van der Waals surface area (Å²) in [4.78, 5) is 10.0. The molecule has 6 heteroatoms. The number of nitro benzene ring substituents is 1. The van der Waals surface area contributed by atoms with Crippen LogP contribution in [0, 0.1) is 21.4 Å². The Balaban J connectivity index is 2.19. The van der Waals surface area contributed by atoms with Gasteiger partial charge in [0.2, 0.25) is 0 Å². The molecule has 0 saturated carbocycles. The molecule has 0 bridgehead atoms. The molecular weight excluding hydrogens is 224 g/mol. The van der Waals surface area contributed by atoms with Gasteiger partial charge in [0.1, 0.15) is 23.5 Å². The first-order valence-electron chi connectivity index (χ1n) is 5.13. The van der Waals surface area contributed by atoms with E-state index < -0.39 is 4.92 Å². The molecule has 88 valence electrons. The number of nitro groups is 1. The van der Waals surface area contributed by atoms with E-state index in [9.17, 15) is 10.1 Å². The predicted octanol–water partition coefficient (Wildman–Crippen LogP) is 1.63. The summed E-state index contributed by atoms with van der Waals surface area (Å²) in [5.74, 6) is 0.461. The Bertz CT molecular complexity index is 475. The zero-order chi connectivity index (χ0) is 12.3. The Kier molecular flexibility index (Phi) is 3.21. The average Bonchev–Trinajstić information content (AvgIpc) is 2.81. The number of nitrogens with zero attached hydrogens (tertiary/aromatic N) is 2. The van der Waals surface area contributed by atoms with Crippen molar-refractivity contribution in [1.82, 2.24) is 0 Å². The molecule has 1 unspecified atom stereocenters. The zero-order valence-electron chi connectivity index (χ0n) is 8.96. The molecule has 1 fully saturated rings. The van der Waals surface area contributed by atoms with Gasteiger partial charge in [0.15, 0.2) is 0 Å². The zero-order valence-corrected chi connectivity index (χ0v) is 8.96. The summed E-state index contributed by atoms with van der Waals surface area (Å²) < 4.78 is 10.7. The van der Waals surface area contributed by atoms with Gasteiger partial charge in [-0.3, -0.25) is 10.1 Å². The number of nitriles is 1. The standard InChI is InChI=1S/C11H10N2O4/c12-6-8-5-9(1-2-11(8)13(14)15)17-10-3-4-16-7-10/h1-2,5,10H,3-4,7H2. The van der Waals surface area contributed by atoms with Crippen molar-refractivity contribution in [3.63, 3.8) is 0 Å². The molecule has 1 saturated heterocycles. The third kappa shape index (κ3) is 2.52. The van der Waals surface area contributed by atoms with E-state index in [0.717, 1.165) is 6.42 Å². The summed E-state index contributed by atoms with van der Waals surface area (Å²) in [5.41, 5.74) is -0.200. The second-order valence-electron chi connectivity index (χ2n) is 3.65. The minimum Gasteiger partial charge on any atom is -0.488 e. The molecule has 0 aromatic heterocycles. The van der Waals surface area contributed by atoms with Gasteiger partial charge < -0.3 is 9.47 Å². The minimum atomic E-state index is -0.582. The second-order valence-corrected chi connectivity index (χ2v) is 3.65. The fourth-order valence-corrected chi connectivity index (χ4v) is 1.64. The number of ether oxygens (including phenoxy) is 2. The quantitative estimate of drug-likeness (QED) is 0.586. The molecule has 1 aliphatic rings. The van der Waals surface area contributed by atoms with E-state index in [4.69, 9.17) is 14.7 Å². The Morgan fingerprint density at radius 3 is 3.00 bits per heavy atom. The molecule has 1 heterocycles. The normalized spacial score (nSPS) is 18.6. The third-order valence-electron chi connectivity index (χ3n) is 2.48. The Hall–Kier alpha value is -2.13. The van der Waals surface area contributed by atoms with E-state index in [-0.39, 0.29) is 17.4 Å². The molecule has 1 atom stereocenters. The van der Waals surface area contributed by atoms with E-state index in [0.29, 0.717) is 19.0 Å². The van der Waals surface area contributed by atoms with Gasteiger partial charge in [-0.2, -0.15) is 5.26 Å². The molecule has 6 nitrogen and oxygen atoms in total. The number of benzene rings is 1. The maximum atomic E-state index is 10.6. The molecule has 0 aliphatic carbocycles. The topological polar surface area (TPSA) is 85.4 Å². The molecule has 1 aromatic carbocycles. The summed E-state index contributed by atoms with van der Waals surface area (Å²) in [5, 5.41) is 19.4. The van der Waals surface area contributed by atoms with Crippen molar-refractivity contribution in [2.24, 2.45) is 0 Å². The molecule has 0 spiro atoms. The van der Waals surface area contributed by atoms with Crippen molar-refractivity contribution in [2.75, 3.05) is 13.2 Å². The summed E-state index contributed by atoms with van der Waals surface area (Å²) in [6.45, 7) is 1.17. The van der Waals surface area contributed by atoms with Crippen LogP contribution in [0.4, 0.5) is 5.69 Å². The van der Waals surface area contributed by atoms with Crippen LogP contribution in [0.5, 0.6) is 5.75 Å². The first-order chi connectivity index (χ1) is 8.20. The Morgan fingerprint density at radius 1 is 1.59 bits per heavy atom. The lowest BCUT2D eigenvalue weighted by Gasteiger charge is -2.11. The smallest absolute Gasteiger partial charge is 0.287 e. The Labute approximate surface area is 97.5 Å². The monoisotopic (exact) mass is 234 g/mol. The average molecular weight is 234 g/mol. The molecule has 0 amide bonds. The SMILES string of the molecule is N#Cc1cc(OC2CCOC2)ccc1[N+](=O)[O-]. The Morgan fingerprint density at radius 2 is 2.41 bits per heavy atom. The van der Waals surface area contributed by atoms with Crippen molar-refractivity contribution < 1.29 is 14.4 Å². The van der Waals surface area contributed by atoms with Crippen LogP contribution in [-0.4, -0.2) is 24.2 Å². The highest BCUT2D eigenvalue weighted by Crippen LogP contribution is 2.25. The van der Waals surface area contributed by atoms with Crippen LogP contribution in [0.1, 0.15) is 12.0 Å². The van der Waals surface area contributed by atoms with Crippen molar-refractivity contribution >= 4 is 5.69 Å². The maximum absolute atomic E-state index is 10.6. The molecule has 17 heavy (non-hydrogen) atoms. The van der Waals surface area contributed by atoms with Crippen LogP contribution >= 0.6 is 0 Å². The van der Waals surface area contributed by atoms with Gasteiger partial charge in [0, 0.05) is 18.6 Å². The van der Waals surface area contributed by atoms with Crippen molar-refractivity contribution in [2.45, 2.75) is 12.5 Å². The maximum Gasteiger partial charge on any atom is 0.287 e. The van der Waals surface area contributed by atoms with Crippen LogP contribution in [-0.2, 0) is 4.74 Å². The fraction of sp³-hybridized carbons (Fsp3) is 0.364. The summed E-state index contributed by atoms with van der Waals surface area (Å²) in [6, 6.07) is 5.95.